The summed E-state index contributed by atoms with van der Waals surface area (Å²) in [6.07, 6.45) is -7.55. The Bertz CT molecular complexity index is 902. The van der Waals surface area contributed by atoms with Crippen molar-refractivity contribution in [3.05, 3.63) is 17.2 Å². The molecule has 0 unspecified atom stereocenters. The van der Waals surface area contributed by atoms with E-state index in [4.69, 9.17) is 11.6 Å². The molecule has 0 fully saturated rings. The molecule has 33 heavy (non-hydrogen) atoms. The molecular weight excluding hydrogens is 525 g/mol. The van der Waals surface area contributed by atoms with Crippen LogP contribution in [0.15, 0.2) is 12.1 Å². The predicted molar refractivity (Wildman–Crippen MR) is 84.0 cm³/mol. The highest BCUT2D eigenvalue weighted by atomic mass is 35.5. The summed E-state index contributed by atoms with van der Waals surface area (Å²) in [4.78, 5) is 11.6. The molecule has 0 aliphatic carbocycles. The van der Waals surface area contributed by atoms with E-state index in [0.29, 0.717) is 6.07 Å². The van der Waals surface area contributed by atoms with Crippen molar-refractivity contribution in [2.24, 2.45) is 0 Å². The van der Waals surface area contributed by atoms with Crippen molar-refractivity contribution in [3.63, 3.8) is 0 Å². The minimum atomic E-state index is -8.12. The van der Waals surface area contributed by atoms with Crippen LogP contribution < -0.4 is 14.8 Å². The highest BCUT2D eigenvalue weighted by molar-refractivity contribution is 6.32. The number of alkyl halides is 13. The van der Waals surface area contributed by atoms with Crippen molar-refractivity contribution in [1.82, 2.24) is 0 Å². The molecule has 190 valence electrons. The van der Waals surface area contributed by atoms with Gasteiger partial charge < -0.3 is 14.8 Å². The number of amides is 1. The average Bonchev–Trinajstić information content (AvgIpc) is 2.67. The second kappa shape index (κ2) is 8.47. The molecule has 1 N–H and O–H groups in total. The van der Waals surface area contributed by atoms with Crippen molar-refractivity contribution in [2.75, 3.05) is 19.5 Å². The molecule has 0 saturated heterocycles. The van der Waals surface area contributed by atoms with Gasteiger partial charge in [0.2, 0.25) is 0 Å². The van der Waals surface area contributed by atoms with Gasteiger partial charge in [0.1, 0.15) is 11.5 Å². The zero-order chi connectivity index (χ0) is 26.4. The average molecular weight is 534 g/mol. The molecule has 0 aromatic heterocycles. The second-order valence-electron chi connectivity index (χ2n) is 6.01. The molecule has 1 aromatic rings. The smallest absolute Gasteiger partial charge is 0.460 e. The number of rotatable bonds is 8. The maximum atomic E-state index is 13.9. The molecule has 0 aliphatic heterocycles. The molecule has 1 amide bonds. The van der Waals surface area contributed by atoms with Gasteiger partial charge in [-0.25, -0.2) is 0 Å². The van der Waals surface area contributed by atoms with Crippen molar-refractivity contribution in [2.45, 2.75) is 35.8 Å². The fraction of sp³-hybridized carbons (Fsp3) is 0.533. The summed E-state index contributed by atoms with van der Waals surface area (Å²) in [5.41, 5.74) is -1.03. The normalized spacial score (nSPS) is 14.2. The molecule has 0 heterocycles. The summed E-state index contributed by atoms with van der Waals surface area (Å²) in [6, 6.07) is 1.26. The number of carbonyl (C=O) groups excluding carboxylic acids is 1. The van der Waals surface area contributed by atoms with Crippen molar-refractivity contribution in [3.8, 4) is 11.5 Å². The van der Waals surface area contributed by atoms with Gasteiger partial charge in [0.15, 0.2) is 0 Å². The van der Waals surface area contributed by atoms with Crippen LogP contribution in [0.5, 0.6) is 11.5 Å². The third-order valence-electron chi connectivity index (χ3n) is 3.94. The van der Waals surface area contributed by atoms with Gasteiger partial charge in [-0.3, -0.25) is 4.79 Å². The fourth-order valence-corrected chi connectivity index (χ4v) is 2.30. The van der Waals surface area contributed by atoms with Crippen LogP contribution in [0.3, 0.4) is 0 Å². The van der Waals surface area contributed by atoms with Crippen LogP contribution >= 0.6 is 11.6 Å². The number of anilines is 1. The Morgan fingerprint density at radius 1 is 0.727 bits per heavy atom. The number of halogens is 14. The van der Waals surface area contributed by atoms with Gasteiger partial charge in [-0.15, -0.1) is 0 Å². The van der Waals surface area contributed by atoms with E-state index in [1.807, 2.05) is 0 Å². The minimum Gasteiger partial charge on any atom is -0.495 e. The summed E-state index contributed by atoms with van der Waals surface area (Å²) in [5, 5.41) is 0.567. The Kier molecular flexibility index (Phi) is 7.36. The third-order valence-corrected chi connectivity index (χ3v) is 4.24. The van der Waals surface area contributed by atoms with Gasteiger partial charge in [-0.1, -0.05) is 11.6 Å². The van der Waals surface area contributed by atoms with E-state index in [9.17, 15) is 61.9 Å². The van der Waals surface area contributed by atoms with E-state index < -0.39 is 58.9 Å². The largest absolute Gasteiger partial charge is 0.495 e. The molecule has 1 rings (SSSR count). The standard InChI is InChI=1S/C15H9ClF13NO3/c1-32-7-4-6(8(33-2)3-5(7)16)30-9(31)10(17,18)11(19,20)12(21,22)13(23,24)14(25,26)15(27,28)29/h3-4H,1-2H3,(H,30,31). The molecule has 0 bridgehead atoms. The molecule has 0 atom stereocenters. The maximum Gasteiger partial charge on any atom is 0.460 e. The van der Waals surface area contributed by atoms with Crippen LogP contribution in [-0.4, -0.2) is 55.9 Å². The van der Waals surface area contributed by atoms with Gasteiger partial charge in [-0.05, 0) is 0 Å². The maximum absolute atomic E-state index is 13.9. The van der Waals surface area contributed by atoms with E-state index in [1.165, 1.54) is 0 Å². The van der Waals surface area contributed by atoms with Crippen LogP contribution in [0.2, 0.25) is 5.02 Å². The van der Waals surface area contributed by atoms with Gasteiger partial charge in [0.25, 0.3) is 0 Å². The predicted octanol–water partition coefficient (Wildman–Crippen LogP) is 6.03. The molecule has 0 radical (unpaired) electrons. The number of nitrogens with one attached hydrogen (secondary N) is 1. The summed E-state index contributed by atoms with van der Waals surface area (Å²) in [5.74, 6) is -43.5. The van der Waals surface area contributed by atoms with E-state index in [2.05, 4.69) is 9.47 Å². The minimum absolute atomic E-state index is 0.315. The molecule has 0 saturated carbocycles. The van der Waals surface area contributed by atoms with Crippen LogP contribution in [0.25, 0.3) is 0 Å². The fourth-order valence-electron chi connectivity index (χ4n) is 2.07. The van der Waals surface area contributed by atoms with Crippen LogP contribution in [0, 0.1) is 0 Å². The molecule has 4 nitrogen and oxygen atoms in total. The first kappa shape index (κ1) is 28.7. The lowest BCUT2D eigenvalue weighted by molar-refractivity contribution is -0.435. The van der Waals surface area contributed by atoms with Gasteiger partial charge in [0.05, 0.1) is 24.9 Å². The van der Waals surface area contributed by atoms with E-state index in [0.717, 1.165) is 25.6 Å². The first-order chi connectivity index (χ1) is 14.5. The monoisotopic (exact) mass is 533 g/mol. The Hall–Kier alpha value is -2.33. The van der Waals surface area contributed by atoms with E-state index in [-0.39, 0.29) is 5.02 Å². The summed E-state index contributed by atoms with van der Waals surface area (Å²) >= 11 is 5.64. The summed E-state index contributed by atoms with van der Waals surface area (Å²) < 4.78 is 180. The number of hydrogen-bond donors (Lipinski definition) is 1. The quantitative estimate of drug-likeness (QED) is 0.415. The summed E-state index contributed by atoms with van der Waals surface area (Å²) in [7, 11) is 1.75. The molecule has 0 aliphatic rings. The van der Waals surface area contributed by atoms with E-state index >= 15 is 0 Å². The number of carbonyl (C=O) groups is 1. The number of methoxy groups -OCH3 is 2. The Morgan fingerprint density at radius 3 is 1.55 bits per heavy atom. The lowest BCUT2D eigenvalue weighted by Crippen LogP contribution is -2.71. The zero-order valence-corrected chi connectivity index (χ0v) is 16.4. The second-order valence-corrected chi connectivity index (χ2v) is 6.42. The van der Waals surface area contributed by atoms with Gasteiger partial charge >= 0.3 is 41.7 Å². The highest BCUT2D eigenvalue weighted by Crippen LogP contribution is 2.60. The molecule has 1 aromatic carbocycles. The topological polar surface area (TPSA) is 47.6 Å². The number of hydrogen-bond acceptors (Lipinski definition) is 3. The van der Waals surface area contributed by atoms with Crippen LogP contribution in [-0.2, 0) is 4.79 Å². The first-order valence-corrected chi connectivity index (χ1v) is 8.11. The van der Waals surface area contributed by atoms with Crippen molar-refractivity contribution >= 4 is 23.2 Å². The SMILES string of the molecule is COc1cc(NC(=O)C(F)(F)C(F)(F)C(F)(F)C(F)(F)C(F)(F)C(F)(F)F)c(OC)cc1Cl. The molecule has 18 heteroatoms. The number of benzene rings is 1. The lowest BCUT2D eigenvalue weighted by Gasteiger charge is -2.39. The number of ether oxygens (including phenoxy) is 2. The highest BCUT2D eigenvalue weighted by Gasteiger charge is 2.91. The van der Waals surface area contributed by atoms with Gasteiger partial charge in [-0.2, -0.15) is 57.1 Å². The zero-order valence-electron chi connectivity index (χ0n) is 15.7. The molecule has 0 spiro atoms. The Labute approximate surface area is 179 Å². The first-order valence-electron chi connectivity index (χ1n) is 7.73. The van der Waals surface area contributed by atoms with Crippen LogP contribution in [0.4, 0.5) is 62.8 Å². The molecular formula is C15H9ClF13NO3. The van der Waals surface area contributed by atoms with Crippen molar-refractivity contribution < 1.29 is 71.3 Å². The summed E-state index contributed by atoms with van der Waals surface area (Å²) in [6.45, 7) is 0. The van der Waals surface area contributed by atoms with Gasteiger partial charge in [0, 0.05) is 12.1 Å². The lowest BCUT2D eigenvalue weighted by atomic mass is 9.93. The van der Waals surface area contributed by atoms with Crippen molar-refractivity contribution in [1.29, 1.82) is 0 Å². The Balaban J connectivity index is 3.51. The van der Waals surface area contributed by atoms with Crippen LogP contribution in [0.1, 0.15) is 0 Å². The van der Waals surface area contributed by atoms with E-state index in [1.54, 1.807) is 0 Å². The Morgan fingerprint density at radius 2 is 1.15 bits per heavy atom. The third kappa shape index (κ3) is 4.30.